The van der Waals surface area contributed by atoms with Crippen LogP contribution in [-0.2, 0) is 4.79 Å². The third-order valence-corrected chi connectivity index (χ3v) is 3.47. The van der Waals surface area contributed by atoms with E-state index >= 15 is 0 Å². The van der Waals surface area contributed by atoms with Gasteiger partial charge in [-0.1, -0.05) is 25.1 Å². The fourth-order valence-electron chi connectivity index (χ4n) is 2.42. The number of aliphatic imine (C=N–C) groups is 2. The largest absolute Gasteiger partial charge is 0.366 e. The maximum atomic E-state index is 11.8. The van der Waals surface area contributed by atoms with Gasteiger partial charge in [-0.3, -0.25) is 15.1 Å². The predicted molar refractivity (Wildman–Crippen MR) is 80.2 cm³/mol. The Hall–Kier alpha value is -2.27. The highest BCUT2D eigenvalue weighted by Gasteiger charge is 2.38. The van der Waals surface area contributed by atoms with Gasteiger partial charge in [-0.25, -0.2) is 4.99 Å². The summed E-state index contributed by atoms with van der Waals surface area (Å²) >= 11 is 0. The Balaban J connectivity index is 2.07. The number of fused-ring (bicyclic) bond motifs is 3. The molecule has 1 unspecified atom stereocenters. The summed E-state index contributed by atoms with van der Waals surface area (Å²) in [6.07, 6.45) is 4.31. The zero-order chi connectivity index (χ0) is 14.2. The molecule has 1 amide bonds. The Kier molecular flexibility index (Phi) is 2.99. The van der Waals surface area contributed by atoms with Crippen molar-refractivity contribution in [3.05, 3.63) is 35.9 Å². The molecule has 0 aromatic heterocycles. The van der Waals surface area contributed by atoms with E-state index in [2.05, 4.69) is 15.3 Å². The van der Waals surface area contributed by atoms with Crippen LogP contribution in [0.25, 0.3) is 5.57 Å². The molecule has 3 rings (SSSR count). The minimum atomic E-state index is -1.16. The van der Waals surface area contributed by atoms with Crippen LogP contribution >= 0.6 is 0 Å². The normalized spacial score (nSPS) is 22.9. The second-order valence-electron chi connectivity index (χ2n) is 4.89. The standard InChI is InChI=1S/C15H16N4O/c1-2-7-17-15(14(16)20)8-11-10-5-3-4-6-12(10)19-13(11)9-18-15/h3-6,8-9,17H,2,7H2,1H3,(H2,16,20). The van der Waals surface area contributed by atoms with E-state index < -0.39 is 11.6 Å². The summed E-state index contributed by atoms with van der Waals surface area (Å²) in [7, 11) is 0. The topological polar surface area (TPSA) is 79.8 Å². The van der Waals surface area contributed by atoms with Crippen LogP contribution in [0, 0.1) is 0 Å². The zero-order valence-corrected chi connectivity index (χ0v) is 11.3. The number of dihydropyridines is 1. The molecule has 1 aromatic rings. The van der Waals surface area contributed by atoms with Gasteiger partial charge in [-0.15, -0.1) is 0 Å². The highest BCUT2D eigenvalue weighted by Crippen LogP contribution is 2.37. The van der Waals surface area contributed by atoms with E-state index in [1.54, 1.807) is 12.3 Å². The SMILES string of the molecule is CCCNC1(C(N)=O)C=C2C(=Nc3ccccc32)C=N1. The quantitative estimate of drug-likeness (QED) is 0.866. The number of nitrogens with two attached hydrogens (primary N) is 1. The van der Waals surface area contributed by atoms with Crippen LogP contribution in [0.2, 0.25) is 0 Å². The van der Waals surface area contributed by atoms with E-state index in [4.69, 9.17) is 5.73 Å². The number of benzene rings is 1. The summed E-state index contributed by atoms with van der Waals surface area (Å²) in [4.78, 5) is 20.6. The molecular weight excluding hydrogens is 252 g/mol. The molecule has 5 nitrogen and oxygen atoms in total. The first-order valence-corrected chi connectivity index (χ1v) is 6.68. The minimum Gasteiger partial charge on any atom is -0.366 e. The lowest BCUT2D eigenvalue weighted by molar-refractivity contribution is -0.122. The number of nitrogens with one attached hydrogen (secondary N) is 1. The molecule has 1 aromatic carbocycles. The Labute approximate surface area is 117 Å². The van der Waals surface area contributed by atoms with Crippen LogP contribution in [-0.4, -0.2) is 30.0 Å². The molecular formula is C15H16N4O. The first-order valence-electron chi connectivity index (χ1n) is 6.68. The number of allylic oxidation sites excluding steroid dienone is 1. The monoisotopic (exact) mass is 268 g/mol. The van der Waals surface area contributed by atoms with Gasteiger partial charge in [-0.2, -0.15) is 0 Å². The predicted octanol–water partition coefficient (Wildman–Crippen LogP) is 1.42. The Bertz CT molecular complexity index is 660. The summed E-state index contributed by atoms with van der Waals surface area (Å²) in [6.45, 7) is 2.69. The summed E-state index contributed by atoms with van der Waals surface area (Å²) in [5, 5.41) is 3.12. The highest BCUT2D eigenvalue weighted by molar-refractivity contribution is 6.54. The molecule has 0 saturated carbocycles. The van der Waals surface area contributed by atoms with Crippen LogP contribution < -0.4 is 11.1 Å². The summed E-state index contributed by atoms with van der Waals surface area (Å²) in [5.41, 5.74) is 7.99. The van der Waals surface area contributed by atoms with E-state index in [9.17, 15) is 4.79 Å². The molecule has 0 saturated heterocycles. The molecule has 2 heterocycles. The zero-order valence-electron chi connectivity index (χ0n) is 11.3. The van der Waals surface area contributed by atoms with Crippen LogP contribution in [0.15, 0.2) is 40.3 Å². The fraction of sp³-hybridized carbons (Fsp3) is 0.267. The Morgan fingerprint density at radius 2 is 2.20 bits per heavy atom. The number of carbonyl (C=O) groups excluding carboxylic acids is 1. The van der Waals surface area contributed by atoms with Crippen LogP contribution in [0.4, 0.5) is 5.69 Å². The fourth-order valence-corrected chi connectivity index (χ4v) is 2.42. The van der Waals surface area contributed by atoms with Gasteiger partial charge < -0.3 is 5.73 Å². The van der Waals surface area contributed by atoms with Gasteiger partial charge in [0, 0.05) is 11.1 Å². The summed E-state index contributed by atoms with van der Waals surface area (Å²) in [6, 6.07) is 7.83. The van der Waals surface area contributed by atoms with E-state index in [0.717, 1.165) is 29.0 Å². The molecule has 3 N–H and O–H groups in total. The second kappa shape index (κ2) is 4.68. The molecule has 2 aliphatic rings. The van der Waals surface area contributed by atoms with Crippen molar-refractivity contribution in [3.63, 3.8) is 0 Å². The molecule has 0 bridgehead atoms. The molecule has 1 atom stereocenters. The lowest BCUT2D eigenvalue weighted by Crippen LogP contribution is -2.54. The number of hydrogen-bond acceptors (Lipinski definition) is 4. The number of carbonyl (C=O) groups is 1. The van der Waals surface area contributed by atoms with Gasteiger partial charge in [0.2, 0.25) is 5.66 Å². The van der Waals surface area contributed by atoms with Crippen molar-refractivity contribution >= 4 is 29.1 Å². The molecule has 0 radical (unpaired) electrons. The number of para-hydroxylation sites is 1. The van der Waals surface area contributed by atoms with Crippen molar-refractivity contribution in [3.8, 4) is 0 Å². The van der Waals surface area contributed by atoms with Crippen LogP contribution in [0.3, 0.4) is 0 Å². The number of primary amides is 1. The second-order valence-corrected chi connectivity index (χ2v) is 4.89. The molecule has 0 fully saturated rings. The summed E-state index contributed by atoms with van der Waals surface area (Å²) < 4.78 is 0. The van der Waals surface area contributed by atoms with Crippen LogP contribution in [0.5, 0.6) is 0 Å². The van der Waals surface area contributed by atoms with Crippen LogP contribution in [0.1, 0.15) is 18.9 Å². The van der Waals surface area contributed by atoms with Gasteiger partial charge in [0.15, 0.2) is 0 Å². The average Bonchev–Trinajstić information content (AvgIpc) is 2.82. The first kappa shape index (κ1) is 12.7. The lowest BCUT2D eigenvalue weighted by atomic mass is 9.95. The molecule has 5 heteroatoms. The third-order valence-electron chi connectivity index (χ3n) is 3.47. The highest BCUT2D eigenvalue weighted by atomic mass is 16.2. The van der Waals surface area contributed by atoms with E-state index in [-0.39, 0.29) is 0 Å². The minimum absolute atomic E-state index is 0.502. The van der Waals surface area contributed by atoms with Crippen molar-refractivity contribution in [1.29, 1.82) is 0 Å². The van der Waals surface area contributed by atoms with Gasteiger partial charge >= 0.3 is 0 Å². The Morgan fingerprint density at radius 1 is 1.40 bits per heavy atom. The third kappa shape index (κ3) is 1.87. The van der Waals surface area contributed by atoms with Crippen molar-refractivity contribution in [2.75, 3.05) is 6.54 Å². The van der Waals surface area contributed by atoms with Gasteiger partial charge in [0.25, 0.3) is 5.91 Å². The molecule has 0 aliphatic carbocycles. The number of amides is 1. The maximum Gasteiger partial charge on any atom is 0.264 e. The average molecular weight is 268 g/mol. The first-order chi connectivity index (χ1) is 9.66. The molecule has 2 aliphatic heterocycles. The molecule has 102 valence electrons. The van der Waals surface area contributed by atoms with Crippen molar-refractivity contribution in [2.45, 2.75) is 19.0 Å². The summed E-state index contributed by atoms with van der Waals surface area (Å²) in [5.74, 6) is -0.502. The van der Waals surface area contributed by atoms with Gasteiger partial charge in [0.1, 0.15) is 0 Å². The van der Waals surface area contributed by atoms with Crippen molar-refractivity contribution < 1.29 is 4.79 Å². The molecule has 0 spiro atoms. The molecule has 20 heavy (non-hydrogen) atoms. The van der Waals surface area contributed by atoms with E-state index in [1.807, 2.05) is 31.2 Å². The van der Waals surface area contributed by atoms with Gasteiger partial charge in [-0.05, 0) is 25.1 Å². The number of nitrogens with zero attached hydrogens (tertiary/aromatic N) is 2. The number of rotatable bonds is 4. The van der Waals surface area contributed by atoms with E-state index in [0.29, 0.717) is 6.54 Å². The Morgan fingerprint density at radius 3 is 2.95 bits per heavy atom. The van der Waals surface area contributed by atoms with Crippen molar-refractivity contribution in [1.82, 2.24) is 5.32 Å². The smallest absolute Gasteiger partial charge is 0.264 e. The number of hydrogen-bond donors (Lipinski definition) is 2. The maximum absolute atomic E-state index is 11.8. The van der Waals surface area contributed by atoms with Gasteiger partial charge in [0.05, 0.1) is 17.6 Å². The lowest BCUT2D eigenvalue weighted by Gasteiger charge is -2.27. The van der Waals surface area contributed by atoms with Crippen molar-refractivity contribution in [2.24, 2.45) is 15.7 Å². The van der Waals surface area contributed by atoms with E-state index in [1.165, 1.54) is 0 Å².